The number of pyridine rings is 1. The molecule has 0 radical (unpaired) electrons. The van der Waals surface area contributed by atoms with Crippen molar-refractivity contribution in [2.45, 2.75) is 12.3 Å². The highest BCUT2D eigenvalue weighted by Gasteiger charge is 2.18. The number of hydrogen-bond acceptors (Lipinski definition) is 2. The summed E-state index contributed by atoms with van der Waals surface area (Å²) in [5, 5.41) is 0. The summed E-state index contributed by atoms with van der Waals surface area (Å²) in [5.41, 5.74) is 0.0482. The molecule has 0 aliphatic carbocycles. The van der Waals surface area contributed by atoms with Crippen molar-refractivity contribution in [2.75, 3.05) is 0 Å². The van der Waals surface area contributed by atoms with Crippen LogP contribution in [0.3, 0.4) is 0 Å². The molecule has 0 saturated heterocycles. The van der Waals surface area contributed by atoms with E-state index in [0.29, 0.717) is 12.0 Å². The average Bonchev–Trinajstić information content (AvgIpc) is 2.15. The molecule has 0 spiro atoms. The average molecular weight is 331 g/mol. The van der Waals surface area contributed by atoms with Gasteiger partial charge in [0.15, 0.2) is 6.29 Å². The van der Waals surface area contributed by atoms with Crippen molar-refractivity contribution in [3.63, 3.8) is 0 Å². The van der Waals surface area contributed by atoms with Crippen LogP contribution in [0.4, 0.5) is 8.78 Å². The topological polar surface area (TPSA) is 30.0 Å². The molecule has 0 N–H and O–H groups in total. The van der Waals surface area contributed by atoms with Gasteiger partial charge in [-0.1, -0.05) is 0 Å². The zero-order valence-corrected chi connectivity index (χ0v) is 9.72. The summed E-state index contributed by atoms with van der Waals surface area (Å²) in [6.45, 7) is 0. The molecule has 0 saturated carbocycles. The van der Waals surface area contributed by atoms with Crippen LogP contribution in [0.2, 0.25) is 0 Å². The molecule has 0 atom stereocenters. The van der Waals surface area contributed by atoms with Gasteiger partial charge in [0.25, 0.3) is 6.43 Å². The van der Waals surface area contributed by atoms with Gasteiger partial charge in [-0.25, -0.2) is 13.8 Å². The van der Waals surface area contributed by atoms with Crippen LogP contribution in [-0.2, 0) is 5.88 Å². The fourth-order valence-electron chi connectivity index (χ4n) is 0.977. The van der Waals surface area contributed by atoms with Crippen LogP contribution in [0.15, 0.2) is 6.07 Å². The predicted octanol–water partition coefficient (Wildman–Crippen LogP) is 3.18. The standard InChI is InChI=1S/C8H5ClF2INO/c9-2-5-1-4(3-14)6(7(10)11)8(12)13-5/h1,3,7H,2H2. The number of nitrogens with zero attached hydrogens (tertiary/aromatic N) is 1. The maximum atomic E-state index is 12.5. The third-order valence-electron chi connectivity index (χ3n) is 1.58. The number of hydrogen-bond donors (Lipinski definition) is 0. The van der Waals surface area contributed by atoms with Crippen LogP contribution in [0.1, 0.15) is 28.0 Å². The molecule has 76 valence electrons. The molecular weight excluding hydrogens is 326 g/mol. The Hall–Kier alpha value is -0.300. The van der Waals surface area contributed by atoms with Gasteiger partial charge in [0.1, 0.15) is 3.70 Å². The minimum Gasteiger partial charge on any atom is -0.298 e. The van der Waals surface area contributed by atoms with E-state index in [0.717, 1.165) is 0 Å². The van der Waals surface area contributed by atoms with E-state index in [2.05, 4.69) is 4.98 Å². The molecule has 1 heterocycles. The van der Waals surface area contributed by atoms with E-state index < -0.39 is 6.43 Å². The monoisotopic (exact) mass is 331 g/mol. The summed E-state index contributed by atoms with van der Waals surface area (Å²) in [7, 11) is 0. The van der Waals surface area contributed by atoms with Crippen LogP contribution in [0.5, 0.6) is 0 Å². The van der Waals surface area contributed by atoms with Crippen molar-refractivity contribution < 1.29 is 13.6 Å². The van der Waals surface area contributed by atoms with E-state index in [9.17, 15) is 13.6 Å². The van der Waals surface area contributed by atoms with Crippen molar-refractivity contribution in [3.05, 3.63) is 26.6 Å². The molecule has 0 aliphatic heterocycles. The second-order valence-corrected chi connectivity index (χ2v) is 3.75. The van der Waals surface area contributed by atoms with Crippen LogP contribution < -0.4 is 0 Å². The largest absolute Gasteiger partial charge is 0.298 e. The SMILES string of the molecule is O=Cc1cc(CCl)nc(I)c1C(F)F. The van der Waals surface area contributed by atoms with Crippen LogP contribution >= 0.6 is 34.2 Å². The van der Waals surface area contributed by atoms with Crippen LogP contribution in [-0.4, -0.2) is 11.3 Å². The van der Waals surface area contributed by atoms with Crippen LogP contribution in [0, 0.1) is 3.70 Å². The number of aromatic nitrogens is 1. The Morgan fingerprint density at radius 1 is 1.64 bits per heavy atom. The van der Waals surface area contributed by atoms with Crippen molar-refractivity contribution in [1.29, 1.82) is 0 Å². The smallest absolute Gasteiger partial charge is 0.267 e. The molecule has 1 aromatic heterocycles. The molecule has 0 fully saturated rings. The first-order valence-corrected chi connectivity index (χ1v) is 5.20. The van der Waals surface area contributed by atoms with E-state index in [1.54, 1.807) is 22.6 Å². The molecule has 0 aromatic carbocycles. The third-order valence-corrected chi connectivity index (χ3v) is 2.68. The molecule has 0 unspecified atom stereocenters. The van der Waals surface area contributed by atoms with Crippen molar-refractivity contribution >= 4 is 40.5 Å². The summed E-state index contributed by atoms with van der Waals surface area (Å²) in [6, 6.07) is 1.28. The molecule has 14 heavy (non-hydrogen) atoms. The fourth-order valence-corrected chi connectivity index (χ4v) is 1.97. The van der Waals surface area contributed by atoms with Gasteiger partial charge in [-0.2, -0.15) is 0 Å². The Morgan fingerprint density at radius 3 is 2.71 bits per heavy atom. The maximum absolute atomic E-state index is 12.5. The highest BCUT2D eigenvalue weighted by molar-refractivity contribution is 14.1. The van der Waals surface area contributed by atoms with Gasteiger partial charge in [-0.3, -0.25) is 4.79 Å². The molecule has 0 aliphatic rings. The Balaban J connectivity index is 3.34. The maximum Gasteiger partial charge on any atom is 0.267 e. The molecule has 1 aromatic rings. The van der Waals surface area contributed by atoms with Gasteiger partial charge < -0.3 is 0 Å². The Morgan fingerprint density at radius 2 is 2.29 bits per heavy atom. The molecular formula is C8H5ClF2INO. The van der Waals surface area contributed by atoms with E-state index in [-0.39, 0.29) is 20.7 Å². The van der Waals surface area contributed by atoms with Gasteiger partial charge in [0.2, 0.25) is 0 Å². The first-order chi connectivity index (χ1) is 6.60. The van der Waals surface area contributed by atoms with Gasteiger partial charge in [-0.05, 0) is 28.7 Å². The summed E-state index contributed by atoms with van der Waals surface area (Å²) in [5.74, 6) is 0.0976. The highest BCUT2D eigenvalue weighted by Crippen LogP contribution is 2.26. The van der Waals surface area contributed by atoms with Gasteiger partial charge in [0.05, 0.1) is 17.1 Å². The lowest BCUT2D eigenvalue weighted by molar-refractivity contribution is 0.110. The van der Waals surface area contributed by atoms with Crippen molar-refractivity contribution in [3.8, 4) is 0 Å². The van der Waals surface area contributed by atoms with Gasteiger partial charge in [0, 0.05) is 5.56 Å². The fraction of sp³-hybridized carbons (Fsp3) is 0.250. The Kier molecular flexibility index (Phi) is 4.18. The number of aldehydes is 1. The van der Waals surface area contributed by atoms with Crippen molar-refractivity contribution in [2.24, 2.45) is 0 Å². The number of halogens is 4. The third kappa shape index (κ3) is 2.38. The van der Waals surface area contributed by atoms with E-state index >= 15 is 0 Å². The first kappa shape index (κ1) is 11.8. The van der Waals surface area contributed by atoms with Gasteiger partial charge >= 0.3 is 0 Å². The number of rotatable bonds is 3. The van der Waals surface area contributed by atoms with E-state index in [1.807, 2.05) is 0 Å². The summed E-state index contributed by atoms with van der Waals surface area (Å²) in [6.07, 6.45) is -2.31. The minimum atomic E-state index is -2.70. The Bertz CT molecular complexity index is 359. The molecule has 1 rings (SSSR count). The lowest BCUT2D eigenvalue weighted by Gasteiger charge is -2.07. The highest BCUT2D eigenvalue weighted by atomic mass is 127. The second kappa shape index (κ2) is 4.97. The number of carbonyl (C=O) groups excluding carboxylic acids is 1. The second-order valence-electron chi connectivity index (χ2n) is 2.46. The quantitative estimate of drug-likeness (QED) is 0.368. The normalized spacial score (nSPS) is 10.6. The van der Waals surface area contributed by atoms with E-state index in [4.69, 9.17) is 11.6 Å². The first-order valence-electron chi connectivity index (χ1n) is 3.58. The van der Waals surface area contributed by atoms with E-state index in [1.165, 1.54) is 6.07 Å². The molecule has 6 heteroatoms. The summed E-state index contributed by atoms with van der Waals surface area (Å²) >= 11 is 7.16. The summed E-state index contributed by atoms with van der Waals surface area (Å²) in [4.78, 5) is 14.4. The Labute approximate surface area is 97.8 Å². The van der Waals surface area contributed by atoms with Gasteiger partial charge in [-0.15, -0.1) is 11.6 Å². The zero-order chi connectivity index (χ0) is 10.7. The molecule has 0 amide bonds. The lowest BCUT2D eigenvalue weighted by atomic mass is 10.1. The van der Waals surface area contributed by atoms with Crippen LogP contribution in [0.25, 0.3) is 0 Å². The number of carbonyl (C=O) groups is 1. The zero-order valence-electron chi connectivity index (χ0n) is 6.81. The molecule has 2 nitrogen and oxygen atoms in total. The summed E-state index contributed by atoms with van der Waals surface area (Å²) < 4.78 is 25.1. The van der Waals surface area contributed by atoms with Crippen molar-refractivity contribution in [1.82, 2.24) is 4.98 Å². The predicted molar refractivity (Wildman–Crippen MR) is 56.9 cm³/mol. The minimum absolute atomic E-state index is 0.0462. The molecule has 0 bridgehead atoms. The lowest BCUT2D eigenvalue weighted by Crippen LogP contribution is -2.02. The number of alkyl halides is 3.